The van der Waals surface area contributed by atoms with E-state index in [2.05, 4.69) is 24.1 Å². The molecule has 0 saturated heterocycles. The lowest BCUT2D eigenvalue weighted by molar-refractivity contribution is -0.116. The van der Waals surface area contributed by atoms with Crippen LogP contribution in [0.4, 0.5) is 11.4 Å². The van der Waals surface area contributed by atoms with Crippen LogP contribution in [0.2, 0.25) is 0 Å². The summed E-state index contributed by atoms with van der Waals surface area (Å²) in [7, 11) is -3.31. The number of carbonyl (C=O) groups is 1. The van der Waals surface area contributed by atoms with E-state index in [9.17, 15) is 13.2 Å². The fourth-order valence-corrected chi connectivity index (χ4v) is 3.78. The summed E-state index contributed by atoms with van der Waals surface area (Å²) in [5.74, 6) is -0.195. The topological polar surface area (TPSA) is 69.7 Å². The van der Waals surface area contributed by atoms with Crippen molar-refractivity contribution in [1.29, 1.82) is 0 Å². The van der Waals surface area contributed by atoms with Crippen LogP contribution in [0, 0.1) is 0 Å². The summed E-state index contributed by atoms with van der Waals surface area (Å²) in [6, 6.07) is 7.50. The first-order valence-electron chi connectivity index (χ1n) is 8.30. The van der Waals surface area contributed by atoms with Crippen molar-refractivity contribution in [2.24, 2.45) is 0 Å². The molecule has 6 nitrogen and oxygen atoms in total. The molecule has 1 rings (SSSR count). The number of carbonyl (C=O) groups excluding carboxylic acids is 1. The predicted molar refractivity (Wildman–Crippen MR) is 99.9 cm³/mol. The minimum Gasteiger partial charge on any atom is -0.372 e. The second kappa shape index (κ2) is 9.03. The Hall–Kier alpha value is -1.60. The monoisotopic (exact) mass is 355 g/mol. The van der Waals surface area contributed by atoms with Crippen LogP contribution < -0.4 is 10.2 Å². The molecule has 0 radical (unpaired) electrons. The van der Waals surface area contributed by atoms with Gasteiger partial charge in [0.1, 0.15) is 0 Å². The number of benzene rings is 1. The molecule has 1 amide bonds. The van der Waals surface area contributed by atoms with E-state index in [0.717, 1.165) is 25.0 Å². The first-order valence-corrected chi connectivity index (χ1v) is 10.2. The summed E-state index contributed by atoms with van der Waals surface area (Å²) in [4.78, 5) is 14.3. The molecule has 0 aliphatic heterocycles. The summed E-state index contributed by atoms with van der Waals surface area (Å²) in [5, 5.41) is 2.81. The lowest BCUT2D eigenvalue weighted by atomic mass is 10.2. The summed E-state index contributed by atoms with van der Waals surface area (Å²) >= 11 is 0. The summed E-state index contributed by atoms with van der Waals surface area (Å²) in [6.45, 7) is 9.83. The van der Waals surface area contributed by atoms with Crippen molar-refractivity contribution < 1.29 is 13.2 Å². The van der Waals surface area contributed by atoms with E-state index in [1.807, 2.05) is 24.3 Å². The Morgan fingerprint density at radius 1 is 1.12 bits per heavy atom. The van der Waals surface area contributed by atoms with E-state index in [-0.39, 0.29) is 24.9 Å². The van der Waals surface area contributed by atoms with Gasteiger partial charge in [-0.25, -0.2) is 8.42 Å². The molecule has 0 aromatic heterocycles. The number of nitrogens with one attached hydrogen (secondary N) is 1. The molecular formula is C17H29N3O3S. The Morgan fingerprint density at radius 3 is 2.08 bits per heavy atom. The first kappa shape index (κ1) is 20.4. The van der Waals surface area contributed by atoms with Crippen molar-refractivity contribution in [3.05, 3.63) is 24.3 Å². The lowest BCUT2D eigenvalue weighted by Gasteiger charge is -2.23. The molecule has 1 N–H and O–H groups in total. The van der Waals surface area contributed by atoms with Crippen LogP contribution in [0.3, 0.4) is 0 Å². The largest absolute Gasteiger partial charge is 0.372 e. The van der Waals surface area contributed by atoms with Crippen LogP contribution in [-0.2, 0) is 14.8 Å². The van der Waals surface area contributed by atoms with Gasteiger partial charge in [0.05, 0.1) is 6.26 Å². The molecule has 24 heavy (non-hydrogen) atoms. The number of anilines is 2. The van der Waals surface area contributed by atoms with Crippen LogP contribution in [0.5, 0.6) is 0 Å². The van der Waals surface area contributed by atoms with Gasteiger partial charge in [-0.3, -0.25) is 4.79 Å². The van der Waals surface area contributed by atoms with Crippen molar-refractivity contribution in [1.82, 2.24) is 4.31 Å². The quantitative estimate of drug-likeness (QED) is 0.739. The molecule has 7 heteroatoms. The van der Waals surface area contributed by atoms with E-state index >= 15 is 0 Å². The number of rotatable bonds is 9. The molecule has 1 aromatic rings. The molecule has 0 fully saturated rings. The van der Waals surface area contributed by atoms with E-state index in [0.29, 0.717) is 5.69 Å². The van der Waals surface area contributed by atoms with E-state index in [4.69, 9.17) is 0 Å². The van der Waals surface area contributed by atoms with Gasteiger partial charge in [-0.15, -0.1) is 0 Å². The Balaban J connectivity index is 2.62. The summed E-state index contributed by atoms with van der Waals surface area (Å²) < 4.78 is 24.7. The number of nitrogens with zero attached hydrogens (tertiary/aromatic N) is 2. The zero-order valence-corrected chi connectivity index (χ0v) is 16.1. The second-order valence-corrected chi connectivity index (χ2v) is 7.92. The van der Waals surface area contributed by atoms with Crippen molar-refractivity contribution in [3.63, 3.8) is 0 Å². The van der Waals surface area contributed by atoms with Crippen molar-refractivity contribution >= 4 is 27.3 Å². The van der Waals surface area contributed by atoms with Gasteiger partial charge in [-0.05, 0) is 52.0 Å². The van der Waals surface area contributed by atoms with Crippen molar-refractivity contribution in [2.75, 3.05) is 36.1 Å². The maximum atomic E-state index is 12.1. The summed E-state index contributed by atoms with van der Waals surface area (Å²) in [5.41, 5.74) is 1.83. The van der Waals surface area contributed by atoms with E-state index in [1.54, 1.807) is 13.8 Å². The molecule has 0 spiro atoms. The molecule has 0 unspecified atom stereocenters. The number of hydrogen-bond acceptors (Lipinski definition) is 4. The third kappa shape index (κ3) is 6.13. The third-order valence-electron chi connectivity index (χ3n) is 3.84. The Bertz CT molecular complexity index is 623. The third-order valence-corrected chi connectivity index (χ3v) is 5.30. The maximum absolute atomic E-state index is 12.1. The molecule has 0 saturated carbocycles. The molecule has 1 aromatic carbocycles. The zero-order valence-electron chi connectivity index (χ0n) is 15.2. The fourth-order valence-electron chi connectivity index (χ4n) is 2.59. The van der Waals surface area contributed by atoms with Gasteiger partial charge < -0.3 is 10.2 Å². The number of amides is 1. The van der Waals surface area contributed by atoms with Crippen LogP contribution >= 0.6 is 0 Å². The van der Waals surface area contributed by atoms with Crippen LogP contribution in [0.1, 0.15) is 34.1 Å². The highest BCUT2D eigenvalue weighted by molar-refractivity contribution is 7.88. The Morgan fingerprint density at radius 2 is 1.67 bits per heavy atom. The van der Waals surface area contributed by atoms with Crippen molar-refractivity contribution in [2.45, 2.75) is 40.2 Å². The summed E-state index contributed by atoms with van der Waals surface area (Å²) in [6.07, 6.45) is 1.29. The molecule has 0 aliphatic carbocycles. The average molecular weight is 356 g/mol. The SMILES string of the molecule is CCN(CC)c1ccc(NC(=O)CCN(C(C)C)S(C)(=O)=O)cc1. The first-order chi connectivity index (χ1) is 11.2. The maximum Gasteiger partial charge on any atom is 0.225 e. The minimum absolute atomic E-state index is 0.128. The van der Waals surface area contributed by atoms with Crippen LogP contribution in [0.25, 0.3) is 0 Å². The highest BCUT2D eigenvalue weighted by atomic mass is 32.2. The molecule has 0 aliphatic rings. The predicted octanol–water partition coefficient (Wildman–Crippen LogP) is 2.53. The van der Waals surface area contributed by atoms with E-state index in [1.165, 1.54) is 4.31 Å². The van der Waals surface area contributed by atoms with Gasteiger partial charge in [-0.1, -0.05) is 0 Å². The smallest absolute Gasteiger partial charge is 0.225 e. The standard InChI is InChI=1S/C17H29N3O3S/c1-6-19(7-2)16-10-8-15(9-11-16)18-17(21)12-13-20(14(3)4)24(5,22)23/h8-11,14H,6-7,12-13H2,1-5H3,(H,18,21). The van der Waals surface area contributed by atoms with Crippen LogP contribution in [0.15, 0.2) is 24.3 Å². The number of sulfonamides is 1. The molecular weight excluding hydrogens is 326 g/mol. The van der Waals surface area contributed by atoms with Gasteiger partial charge in [0.2, 0.25) is 15.9 Å². The number of hydrogen-bond donors (Lipinski definition) is 1. The van der Waals surface area contributed by atoms with Crippen molar-refractivity contribution in [3.8, 4) is 0 Å². The van der Waals surface area contributed by atoms with Crippen LogP contribution in [-0.4, -0.2) is 50.6 Å². The fraction of sp³-hybridized carbons (Fsp3) is 0.588. The van der Waals surface area contributed by atoms with Gasteiger partial charge in [0.25, 0.3) is 0 Å². The van der Waals surface area contributed by atoms with Gasteiger partial charge in [0.15, 0.2) is 0 Å². The van der Waals surface area contributed by atoms with Gasteiger partial charge in [0, 0.05) is 43.5 Å². The van der Waals surface area contributed by atoms with Gasteiger partial charge in [-0.2, -0.15) is 4.31 Å². The second-order valence-electron chi connectivity index (χ2n) is 5.98. The molecule has 0 atom stereocenters. The Labute approximate surface area is 145 Å². The van der Waals surface area contributed by atoms with Gasteiger partial charge >= 0.3 is 0 Å². The Kier molecular flexibility index (Phi) is 7.69. The minimum atomic E-state index is -3.31. The zero-order chi connectivity index (χ0) is 18.3. The van der Waals surface area contributed by atoms with E-state index < -0.39 is 10.0 Å². The molecule has 0 bridgehead atoms. The molecule has 0 heterocycles. The highest BCUT2D eigenvalue weighted by Gasteiger charge is 2.20. The highest BCUT2D eigenvalue weighted by Crippen LogP contribution is 2.18. The lowest BCUT2D eigenvalue weighted by Crippen LogP contribution is -2.38. The average Bonchev–Trinajstić information content (AvgIpc) is 2.48. The normalized spacial score (nSPS) is 11.8. The molecule has 136 valence electrons.